The number of hydrogen-bond acceptors (Lipinski definition) is 3. The maximum atomic E-state index is 6.06. The molecule has 1 aromatic rings. The average Bonchev–Trinajstić information content (AvgIpc) is 2.77. The first-order valence-corrected chi connectivity index (χ1v) is 6.16. The molecule has 1 atom stereocenters. The third-order valence-corrected chi connectivity index (χ3v) is 4.11. The normalized spacial score (nSPS) is 22.1. The van der Waals surface area contributed by atoms with Crippen LogP contribution in [0.1, 0.15) is 11.3 Å². The Morgan fingerprint density at radius 3 is 3.14 bits per heavy atom. The second kappa shape index (κ2) is 4.62. The molecular weight excluding hydrogens is 216 g/mol. The second-order valence-corrected chi connectivity index (χ2v) is 5.16. The molecule has 0 saturated carbocycles. The van der Waals surface area contributed by atoms with Gasteiger partial charge in [-0.25, -0.2) is 0 Å². The number of likely N-dealkylation sites (N-methyl/N-ethyl adjacent to an activating group) is 1. The molecule has 1 aliphatic rings. The summed E-state index contributed by atoms with van der Waals surface area (Å²) in [5, 5.41) is 6.34. The third kappa shape index (κ3) is 2.28. The van der Waals surface area contributed by atoms with Crippen molar-refractivity contribution in [1.29, 1.82) is 0 Å². The minimum absolute atomic E-state index is 0.674. The maximum absolute atomic E-state index is 6.06. The summed E-state index contributed by atoms with van der Waals surface area (Å²) in [6, 6.07) is 2.65. The fourth-order valence-electron chi connectivity index (χ4n) is 1.81. The minimum atomic E-state index is 0.674. The lowest BCUT2D eigenvalue weighted by Gasteiger charge is -2.22. The maximum Gasteiger partial charge on any atom is 0.0558 e. The van der Waals surface area contributed by atoms with Gasteiger partial charge in [-0.15, -0.1) is 11.3 Å². The Labute approximate surface area is 93.9 Å². The number of rotatable bonds is 3. The second-order valence-electron chi connectivity index (χ2n) is 3.75. The lowest BCUT2D eigenvalue weighted by Crippen LogP contribution is -2.32. The van der Waals surface area contributed by atoms with E-state index in [1.165, 1.54) is 11.3 Å². The van der Waals surface area contributed by atoms with Gasteiger partial charge in [-0.2, -0.15) is 0 Å². The molecule has 0 spiro atoms. The van der Waals surface area contributed by atoms with Crippen molar-refractivity contribution in [1.82, 2.24) is 10.2 Å². The zero-order chi connectivity index (χ0) is 9.97. The van der Waals surface area contributed by atoms with Crippen LogP contribution >= 0.6 is 22.9 Å². The summed E-state index contributed by atoms with van der Waals surface area (Å²) in [5.41, 5.74) is 0. The molecule has 1 fully saturated rings. The number of nitrogens with one attached hydrogen (secondary N) is 1. The van der Waals surface area contributed by atoms with Crippen LogP contribution in [0.4, 0.5) is 0 Å². The summed E-state index contributed by atoms with van der Waals surface area (Å²) >= 11 is 7.80. The summed E-state index contributed by atoms with van der Waals surface area (Å²) < 4.78 is 0. The largest absolute Gasteiger partial charge is 0.315 e. The van der Waals surface area contributed by atoms with Gasteiger partial charge in [-0.05, 0) is 31.5 Å². The molecule has 14 heavy (non-hydrogen) atoms. The highest BCUT2D eigenvalue weighted by atomic mass is 35.5. The smallest absolute Gasteiger partial charge is 0.0558 e. The van der Waals surface area contributed by atoms with Crippen LogP contribution in [0.25, 0.3) is 0 Å². The van der Waals surface area contributed by atoms with Crippen LogP contribution in [0.5, 0.6) is 0 Å². The summed E-state index contributed by atoms with van der Waals surface area (Å²) in [7, 11) is 2.17. The van der Waals surface area contributed by atoms with Gasteiger partial charge in [0.05, 0.1) is 5.02 Å². The Balaban J connectivity index is 1.93. The molecule has 2 nitrogen and oxygen atoms in total. The van der Waals surface area contributed by atoms with Crippen LogP contribution in [0.2, 0.25) is 5.02 Å². The minimum Gasteiger partial charge on any atom is -0.315 e. The molecule has 1 N–H and O–H groups in total. The van der Waals surface area contributed by atoms with Crippen molar-refractivity contribution < 1.29 is 0 Å². The summed E-state index contributed by atoms with van der Waals surface area (Å²) in [4.78, 5) is 3.67. The van der Waals surface area contributed by atoms with E-state index in [9.17, 15) is 0 Å². The van der Waals surface area contributed by atoms with E-state index in [-0.39, 0.29) is 0 Å². The molecule has 0 amide bonds. The van der Waals surface area contributed by atoms with E-state index in [0.717, 1.165) is 24.7 Å². The van der Waals surface area contributed by atoms with E-state index in [0.29, 0.717) is 6.04 Å². The van der Waals surface area contributed by atoms with Gasteiger partial charge in [0.25, 0.3) is 0 Å². The van der Waals surface area contributed by atoms with Crippen LogP contribution in [-0.4, -0.2) is 31.1 Å². The molecule has 78 valence electrons. The van der Waals surface area contributed by atoms with Gasteiger partial charge in [0, 0.05) is 24.0 Å². The molecule has 0 aromatic carbocycles. The van der Waals surface area contributed by atoms with Gasteiger partial charge in [-0.3, -0.25) is 4.90 Å². The summed E-state index contributed by atoms with van der Waals surface area (Å²) in [6.45, 7) is 3.23. The highest BCUT2D eigenvalue weighted by Crippen LogP contribution is 2.24. The molecule has 1 aromatic heterocycles. The van der Waals surface area contributed by atoms with Crippen molar-refractivity contribution in [3.8, 4) is 0 Å². The van der Waals surface area contributed by atoms with Gasteiger partial charge in [0.2, 0.25) is 0 Å². The van der Waals surface area contributed by atoms with Crippen LogP contribution in [0.3, 0.4) is 0 Å². The zero-order valence-electron chi connectivity index (χ0n) is 8.29. The van der Waals surface area contributed by atoms with E-state index in [1.54, 1.807) is 11.3 Å². The molecule has 1 unspecified atom stereocenters. The predicted molar refractivity (Wildman–Crippen MR) is 62.1 cm³/mol. The van der Waals surface area contributed by atoms with E-state index < -0.39 is 0 Å². The van der Waals surface area contributed by atoms with Crippen molar-refractivity contribution in [2.75, 3.05) is 20.1 Å². The molecule has 0 radical (unpaired) electrons. The Morgan fingerprint density at radius 2 is 2.57 bits per heavy atom. The van der Waals surface area contributed by atoms with Crippen LogP contribution in [0, 0.1) is 0 Å². The predicted octanol–water partition coefficient (Wildman–Crippen LogP) is 2.20. The molecule has 4 heteroatoms. The number of halogens is 1. The monoisotopic (exact) mass is 230 g/mol. The molecule has 1 aliphatic heterocycles. The fraction of sp³-hybridized carbons (Fsp3) is 0.600. The highest BCUT2D eigenvalue weighted by molar-refractivity contribution is 7.10. The summed E-state index contributed by atoms with van der Waals surface area (Å²) in [6.07, 6.45) is 1.25. The van der Waals surface area contributed by atoms with Gasteiger partial charge >= 0.3 is 0 Å². The zero-order valence-corrected chi connectivity index (χ0v) is 9.87. The average molecular weight is 231 g/mol. The number of hydrogen-bond donors (Lipinski definition) is 1. The van der Waals surface area contributed by atoms with E-state index in [2.05, 4.69) is 22.6 Å². The fourth-order valence-corrected chi connectivity index (χ4v) is 2.97. The molecule has 1 saturated heterocycles. The Kier molecular flexibility index (Phi) is 3.44. The van der Waals surface area contributed by atoms with Gasteiger partial charge in [0.1, 0.15) is 0 Å². The van der Waals surface area contributed by atoms with Crippen molar-refractivity contribution in [2.45, 2.75) is 19.0 Å². The Morgan fingerprint density at radius 1 is 1.71 bits per heavy atom. The van der Waals surface area contributed by atoms with Crippen molar-refractivity contribution in [2.24, 2.45) is 0 Å². The number of nitrogens with zero attached hydrogens (tertiary/aromatic N) is 1. The molecule has 2 heterocycles. The lowest BCUT2D eigenvalue weighted by atomic mass is 10.2. The topological polar surface area (TPSA) is 15.3 Å². The molecule has 0 bridgehead atoms. The third-order valence-electron chi connectivity index (χ3n) is 2.74. The molecule has 2 rings (SSSR count). The molecule has 0 aliphatic carbocycles. The first-order valence-electron chi connectivity index (χ1n) is 4.90. The van der Waals surface area contributed by atoms with Crippen molar-refractivity contribution in [3.63, 3.8) is 0 Å². The van der Waals surface area contributed by atoms with Crippen molar-refractivity contribution in [3.05, 3.63) is 21.3 Å². The van der Waals surface area contributed by atoms with Crippen LogP contribution < -0.4 is 5.32 Å². The van der Waals surface area contributed by atoms with Crippen LogP contribution in [0.15, 0.2) is 11.4 Å². The molecular formula is C10H15ClN2S. The van der Waals surface area contributed by atoms with Gasteiger partial charge < -0.3 is 5.32 Å². The summed E-state index contributed by atoms with van der Waals surface area (Å²) in [5.74, 6) is 0. The van der Waals surface area contributed by atoms with Gasteiger partial charge in [0.15, 0.2) is 0 Å². The Bertz CT molecular complexity index is 294. The highest BCUT2D eigenvalue weighted by Gasteiger charge is 2.19. The van der Waals surface area contributed by atoms with Crippen molar-refractivity contribution >= 4 is 22.9 Å². The SMILES string of the molecule is CN(Cc1sccc1Cl)C1CCNC1. The van der Waals surface area contributed by atoms with Gasteiger partial charge in [-0.1, -0.05) is 11.6 Å². The number of thiophene rings is 1. The standard InChI is InChI=1S/C10H15ClN2S/c1-13(8-2-4-12-6-8)7-10-9(11)3-5-14-10/h3,5,8,12H,2,4,6-7H2,1H3. The first-order chi connectivity index (χ1) is 6.77. The van der Waals surface area contributed by atoms with E-state index in [1.807, 2.05) is 6.07 Å². The quantitative estimate of drug-likeness (QED) is 0.857. The van der Waals surface area contributed by atoms with E-state index >= 15 is 0 Å². The lowest BCUT2D eigenvalue weighted by molar-refractivity contribution is 0.251. The Hall–Kier alpha value is -0.0900. The van der Waals surface area contributed by atoms with E-state index in [4.69, 9.17) is 11.6 Å². The van der Waals surface area contributed by atoms with Crippen LogP contribution in [-0.2, 0) is 6.54 Å². The first kappa shape index (κ1) is 10.4.